The van der Waals surface area contributed by atoms with Crippen molar-refractivity contribution >= 4 is 29.7 Å². The van der Waals surface area contributed by atoms with Crippen molar-refractivity contribution in [3.05, 3.63) is 0 Å². The molecule has 0 aromatic carbocycles. The molecule has 0 aliphatic heterocycles. The van der Waals surface area contributed by atoms with Crippen LogP contribution in [-0.2, 0) is 4.79 Å². The normalized spacial score (nSPS) is 17.0. The average molecular weight is 299 g/mol. The van der Waals surface area contributed by atoms with Crippen LogP contribution in [0.15, 0.2) is 0 Å². The Morgan fingerprint density at radius 1 is 1.15 bits per heavy atom. The quantitative estimate of drug-likeness (QED) is 0.333. The molecule has 0 aromatic rings. The molecule has 0 rings (SSSR count). The second-order valence-electron chi connectivity index (χ2n) is 2.31. The summed E-state index contributed by atoms with van der Waals surface area (Å²) in [7, 11) is 0. The molecule has 0 unspecified atom stereocenters. The van der Waals surface area contributed by atoms with Crippen molar-refractivity contribution in [3.63, 3.8) is 0 Å². The first-order valence-corrected chi connectivity index (χ1v) is 3.33. The summed E-state index contributed by atoms with van der Waals surface area (Å²) in [5, 5.41) is 43.1. The molecule has 0 amide bonds. The van der Waals surface area contributed by atoms with Gasteiger partial charge >= 0.3 is 0 Å². The third-order valence-electron chi connectivity index (χ3n) is 1.39. The number of rotatable bonds is 5. The van der Waals surface area contributed by atoms with E-state index in [9.17, 15) is 4.79 Å². The summed E-state index contributed by atoms with van der Waals surface area (Å²) in [6.45, 7) is -1.69. The van der Waals surface area contributed by atoms with Gasteiger partial charge in [-0.25, -0.2) is 0 Å². The summed E-state index contributed by atoms with van der Waals surface area (Å²) in [5.41, 5.74) is 0. The first kappa shape index (κ1) is 15.7. The summed E-state index contributed by atoms with van der Waals surface area (Å²) >= 11 is 0. The molecule has 4 radical (unpaired) electrons. The molecule has 13 heavy (non-hydrogen) atoms. The second-order valence-corrected chi connectivity index (χ2v) is 2.31. The van der Waals surface area contributed by atoms with Crippen molar-refractivity contribution < 1.29 is 30.3 Å². The smallest absolute Gasteiger partial charge is 0.189 e. The fourth-order valence-electron chi connectivity index (χ4n) is 0.602. The zero-order chi connectivity index (χ0) is 9.72. The molecule has 0 heterocycles. The van der Waals surface area contributed by atoms with E-state index in [4.69, 9.17) is 25.5 Å². The number of Topliss-reactive ketones (excluding diaryl/α,β-unsaturated/α-hetero) is 1. The number of hydrogen-bond acceptors (Lipinski definition) is 6. The average Bonchev–Trinajstić information content (AvgIpc) is 2.12. The number of ketones is 1. The monoisotopic (exact) mass is 300 g/mol. The van der Waals surface area contributed by atoms with Gasteiger partial charge in [0, 0.05) is 23.9 Å². The van der Waals surface area contributed by atoms with Gasteiger partial charge < -0.3 is 25.5 Å². The van der Waals surface area contributed by atoms with Crippen molar-refractivity contribution in [1.82, 2.24) is 0 Å². The van der Waals surface area contributed by atoms with Crippen LogP contribution < -0.4 is 0 Å². The zero-order valence-corrected chi connectivity index (χ0v) is 9.64. The van der Waals surface area contributed by atoms with Crippen LogP contribution in [0.4, 0.5) is 0 Å². The van der Waals surface area contributed by atoms with Gasteiger partial charge in [0.2, 0.25) is 0 Å². The van der Waals surface area contributed by atoms with E-state index in [1.807, 2.05) is 0 Å². The molecule has 5 N–H and O–H groups in total. The molecular formula is C6H12O6Sn. The Bertz CT molecular complexity index is 152. The van der Waals surface area contributed by atoms with Gasteiger partial charge in [-0.15, -0.1) is 0 Å². The Hall–Kier alpha value is 0.269. The third-order valence-corrected chi connectivity index (χ3v) is 1.39. The van der Waals surface area contributed by atoms with Gasteiger partial charge in [0.15, 0.2) is 5.78 Å². The largest absolute Gasteiger partial charge is 0.394 e. The molecule has 0 aliphatic carbocycles. The first-order valence-electron chi connectivity index (χ1n) is 3.33. The van der Waals surface area contributed by atoms with Crippen LogP contribution in [0.5, 0.6) is 0 Å². The van der Waals surface area contributed by atoms with E-state index in [1.54, 1.807) is 0 Å². The molecule has 7 heteroatoms. The van der Waals surface area contributed by atoms with Crippen molar-refractivity contribution in [3.8, 4) is 0 Å². The fraction of sp³-hybridized carbons (Fsp3) is 0.833. The number of aliphatic hydroxyl groups excluding tert-OH is 5. The predicted molar refractivity (Wildman–Crippen MR) is 43.0 cm³/mol. The molecule has 0 spiro atoms. The molecule has 0 fully saturated rings. The summed E-state index contributed by atoms with van der Waals surface area (Å²) in [6, 6.07) is 0. The second kappa shape index (κ2) is 7.65. The van der Waals surface area contributed by atoms with E-state index < -0.39 is 37.3 Å². The summed E-state index contributed by atoms with van der Waals surface area (Å²) in [4.78, 5) is 10.5. The Labute approximate surface area is 91.8 Å². The van der Waals surface area contributed by atoms with Crippen molar-refractivity contribution in [1.29, 1.82) is 0 Å². The molecule has 6 nitrogen and oxygen atoms in total. The molecule has 0 bridgehead atoms. The Morgan fingerprint density at radius 2 is 1.62 bits per heavy atom. The van der Waals surface area contributed by atoms with E-state index in [1.165, 1.54) is 0 Å². The topological polar surface area (TPSA) is 118 Å². The molecule has 76 valence electrons. The summed E-state index contributed by atoms with van der Waals surface area (Å²) < 4.78 is 0. The van der Waals surface area contributed by atoms with E-state index in [-0.39, 0.29) is 23.9 Å². The molecule has 3 atom stereocenters. The summed E-state index contributed by atoms with van der Waals surface area (Å²) in [6.07, 6.45) is -5.22. The standard InChI is InChI=1S/C6H12O6.Sn/c7-1-3(9)5(11)6(12)4(10)2-8;/h3,5-9,11-12H,1-2H2;/t3-,5-,6-;/m1./s1. The summed E-state index contributed by atoms with van der Waals surface area (Å²) in [5.74, 6) is -1.00. The van der Waals surface area contributed by atoms with E-state index in [2.05, 4.69) is 0 Å². The van der Waals surface area contributed by atoms with Gasteiger partial charge in [-0.3, -0.25) is 4.79 Å². The Balaban J connectivity index is 0. The number of carbonyl (C=O) groups is 1. The van der Waals surface area contributed by atoms with Gasteiger partial charge in [0.05, 0.1) is 6.61 Å². The molecule has 0 aliphatic rings. The van der Waals surface area contributed by atoms with Gasteiger partial charge in [-0.2, -0.15) is 0 Å². The number of carbonyl (C=O) groups excluding carboxylic acids is 1. The van der Waals surface area contributed by atoms with Gasteiger partial charge in [-0.05, 0) is 0 Å². The predicted octanol–water partition coefficient (Wildman–Crippen LogP) is -3.76. The van der Waals surface area contributed by atoms with Crippen molar-refractivity contribution in [2.24, 2.45) is 0 Å². The van der Waals surface area contributed by atoms with Crippen molar-refractivity contribution in [2.75, 3.05) is 13.2 Å². The number of aliphatic hydroxyl groups is 5. The van der Waals surface area contributed by atoms with Crippen LogP contribution in [0.25, 0.3) is 0 Å². The SMILES string of the molecule is O=C(CO)[C@@H](O)[C@H](O)[C@H](O)CO.[Sn]. The minimum absolute atomic E-state index is 0. The maximum absolute atomic E-state index is 10.5. The van der Waals surface area contributed by atoms with Crippen LogP contribution in [0.1, 0.15) is 0 Å². The van der Waals surface area contributed by atoms with E-state index in [0.717, 1.165) is 0 Å². The van der Waals surface area contributed by atoms with Crippen LogP contribution in [0, 0.1) is 0 Å². The maximum atomic E-state index is 10.5. The van der Waals surface area contributed by atoms with Gasteiger partial charge in [0.1, 0.15) is 24.9 Å². The van der Waals surface area contributed by atoms with Crippen LogP contribution in [0.2, 0.25) is 0 Å². The van der Waals surface area contributed by atoms with Gasteiger partial charge in [-0.1, -0.05) is 0 Å². The molecule has 0 aromatic heterocycles. The minimum atomic E-state index is -1.86. The molecule has 0 saturated carbocycles. The van der Waals surface area contributed by atoms with Crippen LogP contribution in [0.3, 0.4) is 0 Å². The molecular weight excluding hydrogens is 287 g/mol. The maximum Gasteiger partial charge on any atom is 0.189 e. The first-order chi connectivity index (χ1) is 5.54. The third kappa shape index (κ3) is 4.89. The van der Waals surface area contributed by atoms with Gasteiger partial charge in [0.25, 0.3) is 0 Å². The minimum Gasteiger partial charge on any atom is -0.394 e. The fourth-order valence-corrected chi connectivity index (χ4v) is 0.602. The van der Waals surface area contributed by atoms with Crippen LogP contribution in [-0.4, -0.2) is 86.7 Å². The van der Waals surface area contributed by atoms with E-state index >= 15 is 0 Å². The zero-order valence-electron chi connectivity index (χ0n) is 6.79. The Morgan fingerprint density at radius 3 is 1.92 bits per heavy atom. The Kier molecular flexibility index (Phi) is 9.26. The molecule has 0 saturated heterocycles. The number of hydrogen-bond donors (Lipinski definition) is 5. The van der Waals surface area contributed by atoms with Crippen LogP contribution >= 0.6 is 0 Å². The van der Waals surface area contributed by atoms with Crippen molar-refractivity contribution in [2.45, 2.75) is 18.3 Å². The van der Waals surface area contributed by atoms with E-state index in [0.29, 0.717) is 0 Å².